The second kappa shape index (κ2) is 6.18. The first kappa shape index (κ1) is 17.8. The molecular formula is C15H23N3O4S. The van der Waals surface area contributed by atoms with Crippen LogP contribution in [-0.2, 0) is 10.0 Å². The molecule has 23 heavy (non-hydrogen) atoms. The Morgan fingerprint density at radius 3 is 2.48 bits per heavy atom. The fourth-order valence-corrected chi connectivity index (χ4v) is 4.45. The second-order valence-corrected chi connectivity index (χ2v) is 8.47. The minimum Gasteiger partial charge on any atom is -0.316 e. The first-order valence-corrected chi connectivity index (χ1v) is 9.01. The monoisotopic (exact) mass is 341 g/mol. The van der Waals surface area contributed by atoms with Crippen LogP contribution in [0.3, 0.4) is 0 Å². The minimum atomic E-state index is -3.97. The van der Waals surface area contributed by atoms with Crippen molar-refractivity contribution in [3.8, 4) is 0 Å². The number of nitro groups is 1. The van der Waals surface area contributed by atoms with Gasteiger partial charge in [0.1, 0.15) is 0 Å². The van der Waals surface area contributed by atoms with E-state index in [4.69, 9.17) is 0 Å². The molecule has 2 N–H and O–H groups in total. The lowest BCUT2D eigenvalue weighted by Crippen LogP contribution is -2.54. The molecular weight excluding hydrogens is 318 g/mol. The summed E-state index contributed by atoms with van der Waals surface area (Å²) in [5.41, 5.74) is 0.755. The lowest BCUT2D eigenvalue weighted by molar-refractivity contribution is -0.387. The summed E-state index contributed by atoms with van der Waals surface area (Å²) < 4.78 is 28.2. The molecule has 1 atom stereocenters. The Hall–Kier alpha value is -1.51. The summed E-state index contributed by atoms with van der Waals surface area (Å²) in [5, 5.41) is 14.5. The van der Waals surface area contributed by atoms with Crippen LogP contribution in [0.1, 0.15) is 31.4 Å². The van der Waals surface area contributed by atoms with Crippen molar-refractivity contribution < 1.29 is 13.3 Å². The SMILES string of the molecule is Cc1cc([N+](=O)[O-])c(S(=O)(=O)NC2CCNCC2(C)C)cc1C. The zero-order chi connectivity index (χ0) is 17.4. The van der Waals surface area contributed by atoms with Gasteiger partial charge in [0.2, 0.25) is 10.0 Å². The lowest BCUT2D eigenvalue weighted by Gasteiger charge is -2.39. The van der Waals surface area contributed by atoms with Gasteiger partial charge in [-0.3, -0.25) is 10.1 Å². The third-order valence-corrected chi connectivity index (χ3v) is 5.99. The number of nitro benzene ring substituents is 1. The van der Waals surface area contributed by atoms with Gasteiger partial charge < -0.3 is 5.32 Å². The Morgan fingerprint density at radius 2 is 1.91 bits per heavy atom. The summed E-state index contributed by atoms with van der Waals surface area (Å²) in [6.07, 6.45) is 0.644. The normalized spacial score (nSPS) is 21.1. The molecule has 7 nitrogen and oxygen atoms in total. The van der Waals surface area contributed by atoms with Crippen molar-refractivity contribution in [2.24, 2.45) is 5.41 Å². The van der Waals surface area contributed by atoms with Gasteiger partial charge in [0.25, 0.3) is 5.69 Å². The molecule has 128 valence electrons. The number of nitrogens with zero attached hydrogens (tertiary/aromatic N) is 1. The molecule has 0 aromatic heterocycles. The van der Waals surface area contributed by atoms with Gasteiger partial charge in [0.15, 0.2) is 4.90 Å². The van der Waals surface area contributed by atoms with E-state index in [1.807, 2.05) is 13.8 Å². The number of piperidine rings is 1. The first-order chi connectivity index (χ1) is 10.5. The molecule has 0 saturated carbocycles. The van der Waals surface area contributed by atoms with Crippen molar-refractivity contribution in [2.75, 3.05) is 13.1 Å². The van der Waals surface area contributed by atoms with Crippen LogP contribution >= 0.6 is 0 Å². The number of aryl methyl sites for hydroxylation is 2. The van der Waals surface area contributed by atoms with Crippen LogP contribution < -0.4 is 10.0 Å². The van der Waals surface area contributed by atoms with Crippen LogP contribution in [0, 0.1) is 29.4 Å². The molecule has 1 aromatic carbocycles. The van der Waals surface area contributed by atoms with Crippen molar-refractivity contribution in [2.45, 2.75) is 45.1 Å². The van der Waals surface area contributed by atoms with E-state index in [1.54, 1.807) is 13.8 Å². The molecule has 1 saturated heterocycles. The Labute approximate surface area is 136 Å². The van der Waals surface area contributed by atoms with Crippen LogP contribution in [-0.4, -0.2) is 32.5 Å². The molecule has 1 aromatic rings. The number of rotatable bonds is 4. The maximum Gasteiger partial charge on any atom is 0.289 e. The third-order valence-electron chi connectivity index (χ3n) is 4.49. The van der Waals surface area contributed by atoms with Crippen LogP contribution in [0.4, 0.5) is 5.69 Å². The average molecular weight is 341 g/mol. The van der Waals surface area contributed by atoms with E-state index < -0.39 is 14.9 Å². The van der Waals surface area contributed by atoms with Crippen LogP contribution in [0.15, 0.2) is 17.0 Å². The Kier molecular flexibility index (Phi) is 4.79. The van der Waals surface area contributed by atoms with E-state index in [9.17, 15) is 18.5 Å². The van der Waals surface area contributed by atoms with E-state index in [0.717, 1.165) is 0 Å². The van der Waals surface area contributed by atoms with Gasteiger partial charge in [-0.1, -0.05) is 13.8 Å². The smallest absolute Gasteiger partial charge is 0.289 e. The number of sulfonamides is 1. The molecule has 0 radical (unpaired) electrons. The number of hydrogen-bond donors (Lipinski definition) is 2. The van der Waals surface area contributed by atoms with Gasteiger partial charge in [-0.05, 0) is 49.4 Å². The zero-order valence-electron chi connectivity index (χ0n) is 13.8. The number of nitrogens with one attached hydrogen (secondary N) is 2. The zero-order valence-corrected chi connectivity index (χ0v) is 14.7. The summed E-state index contributed by atoms with van der Waals surface area (Å²) in [5.74, 6) is 0. The van der Waals surface area contributed by atoms with Crippen LogP contribution in [0.2, 0.25) is 0 Å². The van der Waals surface area contributed by atoms with E-state index in [1.165, 1.54) is 12.1 Å². The molecule has 0 amide bonds. The van der Waals surface area contributed by atoms with E-state index >= 15 is 0 Å². The van der Waals surface area contributed by atoms with Crippen molar-refractivity contribution in [1.82, 2.24) is 10.0 Å². The molecule has 0 bridgehead atoms. The van der Waals surface area contributed by atoms with Crippen LogP contribution in [0.5, 0.6) is 0 Å². The lowest BCUT2D eigenvalue weighted by atomic mass is 9.81. The van der Waals surface area contributed by atoms with E-state index in [-0.39, 0.29) is 22.0 Å². The molecule has 1 unspecified atom stereocenters. The number of hydrogen-bond acceptors (Lipinski definition) is 5. The maximum absolute atomic E-state index is 12.7. The average Bonchev–Trinajstić information content (AvgIpc) is 2.43. The summed E-state index contributed by atoms with van der Waals surface area (Å²) in [6.45, 7) is 8.82. The van der Waals surface area contributed by atoms with Gasteiger partial charge in [-0.2, -0.15) is 0 Å². The molecule has 0 spiro atoms. The van der Waals surface area contributed by atoms with Gasteiger partial charge in [-0.15, -0.1) is 0 Å². The summed E-state index contributed by atoms with van der Waals surface area (Å²) in [7, 11) is -3.97. The summed E-state index contributed by atoms with van der Waals surface area (Å²) >= 11 is 0. The number of benzene rings is 1. The van der Waals surface area contributed by atoms with Crippen molar-refractivity contribution >= 4 is 15.7 Å². The van der Waals surface area contributed by atoms with E-state index in [2.05, 4.69) is 10.0 Å². The molecule has 1 aliphatic rings. The fourth-order valence-electron chi connectivity index (χ4n) is 2.77. The van der Waals surface area contributed by atoms with Gasteiger partial charge in [0, 0.05) is 18.7 Å². The molecule has 0 aliphatic carbocycles. The third kappa shape index (κ3) is 3.70. The van der Waals surface area contributed by atoms with Gasteiger partial charge in [0.05, 0.1) is 4.92 Å². The topological polar surface area (TPSA) is 101 Å². The highest BCUT2D eigenvalue weighted by Gasteiger charge is 2.37. The quantitative estimate of drug-likeness (QED) is 0.643. The van der Waals surface area contributed by atoms with Gasteiger partial charge in [-0.25, -0.2) is 13.1 Å². The summed E-state index contributed by atoms with van der Waals surface area (Å²) in [6, 6.07) is 2.43. The Bertz CT molecular complexity index is 728. The highest BCUT2D eigenvalue weighted by atomic mass is 32.2. The standard InChI is InChI=1S/C15H23N3O4S/c1-10-7-12(18(19)20)13(8-11(10)2)23(21,22)17-14-5-6-16-9-15(14,3)4/h7-8,14,16-17H,5-6,9H2,1-4H3. The minimum absolute atomic E-state index is 0.264. The molecule has 1 heterocycles. The predicted molar refractivity (Wildman–Crippen MR) is 87.9 cm³/mol. The molecule has 8 heteroatoms. The Balaban J connectivity index is 2.44. The highest BCUT2D eigenvalue weighted by molar-refractivity contribution is 7.89. The Morgan fingerprint density at radius 1 is 1.30 bits per heavy atom. The largest absolute Gasteiger partial charge is 0.316 e. The van der Waals surface area contributed by atoms with Crippen molar-refractivity contribution in [3.63, 3.8) is 0 Å². The second-order valence-electron chi connectivity index (χ2n) is 6.79. The maximum atomic E-state index is 12.7. The summed E-state index contributed by atoms with van der Waals surface area (Å²) in [4.78, 5) is 10.3. The fraction of sp³-hybridized carbons (Fsp3) is 0.600. The van der Waals surface area contributed by atoms with Gasteiger partial charge >= 0.3 is 0 Å². The van der Waals surface area contributed by atoms with E-state index in [0.29, 0.717) is 30.6 Å². The highest BCUT2D eigenvalue weighted by Crippen LogP contribution is 2.30. The van der Waals surface area contributed by atoms with Crippen molar-refractivity contribution in [3.05, 3.63) is 33.4 Å². The molecule has 1 fully saturated rings. The molecule has 2 rings (SSSR count). The van der Waals surface area contributed by atoms with Crippen molar-refractivity contribution in [1.29, 1.82) is 0 Å². The first-order valence-electron chi connectivity index (χ1n) is 7.53. The predicted octanol–water partition coefficient (Wildman–Crippen LogP) is 1.88. The molecule has 1 aliphatic heterocycles. The van der Waals surface area contributed by atoms with Crippen LogP contribution in [0.25, 0.3) is 0 Å².